The van der Waals surface area contributed by atoms with Crippen molar-refractivity contribution in [3.8, 4) is 5.75 Å². The zero-order valence-corrected chi connectivity index (χ0v) is 18.4. The summed E-state index contributed by atoms with van der Waals surface area (Å²) in [4.78, 5) is 19.5. The van der Waals surface area contributed by atoms with Gasteiger partial charge in [0.05, 0.1) is 23.3 Å². The van der Waals surface area contributed by atoms with E-state index in [0.717, 1.165) is 29.4 Å². The molecule has 2 heterocycles. The van der Waals surface area contributed by atoms with Crippen molar-refractivity contribution in [3.63, 3.8) is 0 Å². The average molecular weight is 432 g/mol. The van der Waals surface area contributed by atoms with Gasteiger partial charge in [0, 0.05) is 11.1 Å². The summed E-state index contributed by atoms with van der Waals surface area (Å²) in [5, 5.41) is 1.14. The largest absolute Gasteiger partial charge is 0.494 e. The van der Waals surface area contributed by atoms with Crippen LogP contribution in [0.2, 0.25) is 10.0 Å². The molecule has 4 rings (SSSR count). The van der Waals surface area contributed by atoms with Gasteiger partial charge in [0.1, 0.15) is 17.8 Å². The summed E-state index contributed by atoms with van der Waals surface area (Å²) in [6, 6.07) is 7.50. The molecular formula is C22H23Cl2N3O2. The summed E-state index contributed by atoms with van der Waals surface area (Å²) < 4.78 is 7.51. The van der Waals surface area contributed by atoms with Gasteiger partial charge in [-0.25, -0.2) is 9.88 Å². The summed E-state index contributed by atoms with van der Waals surface area (Å²) >= 11 is 12.7. The number of aryl methyl sites for hydroxylation is 1. The van der Waals surface area contributed by atoms with Crippen LogP contribution < -0.4 is 9.64 Å². The predicted molar refractivity (Wildman–Crippen MR) is 118 cm³/mol. The normalized spacial score (nSPS) is 13.6. The van der Waals surface area contributed by atoms with E-state index in [2.05, 4.69) is 19.9 Å². The molecule has 0 fully saturated rings. The number of benzene rings is 2. The second kappa shape index (κ2) is 7.54. The van der Waals surface area contributed by atoms with Crippen molar-refractivity contribution in [2.45, 2.75) is 46.1 Å². The van der Waals surface area contributed by atoms with Crippen molar-refractivity contribution in [1.82, 2.24) is 9.55 Å². The maximum atomic E-state index is 13.1. The SMILES string of the molecule is CCC(CC)c1ccc(Cl)c2nc3n(c12)CC(=O)N3c1c(C)cc(Cl)cc1OC. The van der Waals surface area contributed by atoms with Gasteiger partial charge in [-0.3, -0.25) is 9.36 Å². The van der Waals surface area contributed by atoms with Crippen LogP contribution in [-0.2, 0) is 11.3 Å². The molecule has 1 aromatic heterocycles. The van der Waals surface area contributed by atoms with Gasteiger partial charge in [0.15, 0.2) is 0 Å². The first-order chi connectivity index (χ1) is 13.9. The molecule has 1 aliphatic rings. The van der Waals surface area contributed by atoms with Crippen LogP contribution in [0, 0.1) is 6.92 Å². The van der Waals surface area contributed by atoms with E-state index in [1.165, 1.54) is 5.56 Å². The Kier molecular flexibility index (Phi) is 5.21. The number of imidazole rings is 1. The lowest BCUT2D eigenvalue weighted by Gasteiger charge is -2.20. The van der Waals surface area contributed by atoms with Gasteiger partial charge in [-0.05, 0) is 48.9 Å². The van der Waals surface area contributed by atoms with Gasteiger partial charge < -0.3 is 4.74 Å². The van der Waals surface area contributed by atoms with Crippen molar-refractivity contribution in [1.29, 1.82) is 0 Å². The van der Waals surface area contributed by atoms with Crippen molar-refractivity contribution < 1.29 is 9.53 Å². The minimum atomic E-state index is -0.0615. The topological polar surface area (TPSA) is 47.4 Å². The molecule has 0 N–H and O–H groups in total. The molecule has 0 unspecified atom stereocenters. The van der Waals surface area contributed by atoms with Gasteiger partial charge in [-0.2, -0.15) is 0 Å². The van der Waals surface area contributed by atoms with E-state index in [-0.39, 0.29) is 12.5 Å². The molecule has 0 bridgehead atoms. The predicted octanol–water partition coefficient (Wildman–Crippen LogP) is 6.24. The van der Waals surface area contributed by atoms with Crippen molar-refractivity contribution in [3.05, 3.63) is 45.4 Å². The fraction of sp³-hybridized carbons (Fsp3) is 0.364. The van der Waals surface area contributed by atoms with Crippen LogP contribution in [0.4, 0.5) is 11.6 Å². The minimum absolute atomic E-state index is 0.0615. The molecule has 2 aromatic carbocycles. The average Bonchev–Trinajstić information content (AvgIpc) is 3.20. The van der Waals surface area contributed by atoms with Crippen LogP contribution in [0.5, 0.6) is 5.75 Å². The van der Waals surface area contributed by atoms with Gasteiger partial charge in [-0.1, -0.05) is 43.1 Å². The third kappa shape index (κ3) is 3.08. The third-order valence-corrected chi connectivity index (χ3v) is 6.22. The molecular weight excluding hydrogens is 409 g/mol. The zero-order chi connectivity index (χ0) is 20.9. The van der Waals surface area contributed by atoms with Crippen LogP contribution in [0.1, 0.15) is 43.7 Å². The number of halogens is 2. The molecule has 7 heteroatoms. The Labute approximate surface area is 180 Å². The zero-order valence-electron chi connectivity index (χ0n) is 16.9. The summed E-state index contributed by atoms with van der Waals surface area (Å²) in [5.74, 6) is 1.42. The number of anilines is 2. The quantitative estimate of drug-likeness (QED) is 0.479. The van der Waals surface area contributed by atoms with E-state index >= 15 is 0 Å². The second-order valence-electron chi connectivity index (χ2n) is 7.35. The minimum Gasteiger partial charge on any atom is -0.494 e. The highest BCUT2D eigenvalue weighted by molar-refractivity contribution is 6.35. The summed E-state index contributed by atoms with van der Waals surface area (Å²) in [7, 11) is 1.57. The number of aromatic nitrogens is 2. The Morgan fingerprint density at radius 1 is 1.21 bits per heavy atom. The summed E-state index contributed by atoms with van der Waals surface area (Å²) in [6.45, 7) is 6.47. The first kappa shape index (κ1) is 20.0. The lowest BCUT2D eigenvalue weighted by Crippen LogP contribution is -2.23. The van der Waals surface area contributed by atoms with Gasteiger partial charge in [-0.15, -0.1) is 0 Å². The second-order valence-corrected chi connectivity index (χ2v) is 8.19. The number of carbonyl (C=O) groups excluding carboxylic acids is 1. The summed E-state index contributed by atoms with van der Waals surface area (Å²) in [6.07, 6.45) is 2.02. The molecule has 0 saturated heterocycles. The standard InChI is InChI=1S/C22H23Cl2N3O2/c1-5-13(6-2)15-7-8-16(24)19-21(15)26-11-18(28)27(22(26)25-19)20-12(3)9-14(23)10-17(20)29-4/h7-10,13H,5-6,11H2,1-4H3. The lowest BCUT2D eigenvalue weighted by molar-refractivity contribution is -0.117. The monoisotopic (exact) mass is 431 g/mol. The molecule has 29 heavy (non-hydrogen) atoms. The Bertz CT molecular complexity index is 1120. The Morgan fingerprint density at radius 2 is 1.93 bits per heavy atom. The van der Waals surface area contributed by atoms with Crippen LogP contribution in [0.15, 0.2) is 24.3 Å². The number of hydrogen-bond donors (Lipinski definition) is 0. The first-order valence-electron chi connectivity index (χ1n) is 9.76. The van der Waals surface area contributed by atoms with E-state index in [1.54, 1.807) is 18.1 Å². The van der Waals surface area contributed by atoms with Crippen LogP contribution in [0.25, 0.3) is 11.0 Å². The van der Waals surface area contributed by atoms with E-state index < -0.39 is 0 Å². The van der Waals surface area contributed by atoms with Gasteiger partial charge in [0.25, 0.3) is 5.91 Å². The first-order valence-corrected chi connectivity index (χ1v) is 10.5. The molecule has 152 valence electrons. The number of methoxy groups -OCH3 is 1. The van der Waals surface area contributed by atoms with E-state index in [1.807, 2.05) is 23.6 Å². The number of carbonyl (C=O) groups is 1. The number of hydrogen-bond acceptors (Lipinski definition) is 3. The number of fused-ring (bicyclic) bond motifs is 3. The van der Waals surface area contributed by atoms with Crippen LogP contribution in [-0.4, -0.2) is 22.6 Å². The maximum absolute atomic E-state index is 13.1. The highest BCUT2D eigenvalue weighted by atomic mass is 35.5. The molecule has 1 amide bonds. The maximum Gasteiger partial charge on any atom is 0.254 e. The van der Waals surface area contributed by atoms with E-state index in [4.69, 9.17) is 32.9 Å². The molecule has 0 radical (unpaired) electrons. The van der Waals surface area contributed by atoms with Gasteiger partial charge >= 0.3 is 0 Å². The molecule has 3 aromatic rings. The Balaban J connectivity index is 1.99. The molecule has 5 nitrogen and oxygen atoms in total. The van der Waals surface area contributed by atoms with Crippen molar-refractivity contribution in [2.24, 2.45) is 0 Å². The molecule has 0 spiro atoms. The van der Waals surface area contributed by atoms with E-state index in [0.29, 0.717) is 33.3 Å². The number of amides is 1. The molecule has 0 saturated carbocycles. The smallest absolute Gasteiger partial charge is 0.254 e. The number of rotatable bonds is 5. The third-order valence-electron chi connectivity index (χ3n) is 5.70. The number of nitrogens with zero attached hydrogens (tertiary/aromatic N) is 3. The Hall–Kier alpha value is -2.24. The lowest BCUT2D eigenvalue weighted by atomic mass is 9.93. The molecule has 1 aliphatic heterocycles. The Morgan fingerprint density at radius 3 is 2.59 bits per heavy atom. The van der Waals surface area contributed by atoms with Crippen molar-refractivity contribution in [2.75, 3.05) is 12.0 Å². The van der Waals surface area contributed by atoms with Crippen molar-refractivity contribution >= 4 is 51.8 Å². The fourth-order valence-corrected chi connectivity index (χ4v) is 4.75. The summed E-state index contributed by atoms with van der Waals surface area (Å²) in [5.41, 5.74) is 4.37. The highest BCUT2D eigenvalue weighted by Gasteiger charge is 2.36. The molecule has 0 aliphatic carbocycles. The molecule has 0 atom stereocenters. The van der Waals surface area contributed by atoms with Crippen LogP contribution in [0.3, 0.4) is 0 Å². The number of ether oxygens (including phenoxy) is 1. The highest BCUT2D eigenvalue weighted by Crippen LogP contribution is 2.44. The fourth-order valence-electron chi connectivity index (χ4n) is 4.29. The van der Waals surface area contributed by atoms with E-state index in [9.17, 15) is 4.79 Å². The van der Waals surface area contributed by atoms with Gasteiger partial charge in [0.2, 0.25) is 5.95 Å². The van der Waals surface area contributed by atoms with Crippen LogP contribution >= 0.6 is 23.2 Å².